The Labute approximate surface area is 106 Å². The third-order valence-electron chi connectivity index (χ3n) is 2.80. The molecular formula is C14H17NO3. The minimum Gasteiger partial charge on any atom is -0.463 e. The summed E-state index contributed by atoms with van der Waals surface area (Å²) in [5.74, 6) is -0.173. The van der Waals surface area contributed by atoms with E-state index in [0.717, 1.165) is 5.39 Å². The van der Waals surface area contributed by atoms with Gasteiger partial charge in [0.2, 0.25) is 0 Å². The molecule has 96 valence electrons. The normalized spacial score (nSPS) is 14.4. The quantitative estimate of drug-likeness (QED) is 0.871. The van der Waals surface area contributed by atoms with E-state index >= 15 is 0 Å². The molecule has 2 rings (SSSR count). The molecule has 2 N–H and O–H groups in total. The molecule has 4 heteroatoms. The fourth-order valence-electron chi connectivity index (χ4n) is 2.03. The zero-order valence-electron chi connectivity index (χ0n) is 10.5. The van der Waals surface area contributed by atoms with E-state index < -0.39 is 6.10 Å². The molecule has 2 atom stereocenters. The van der Waals surface area contributed by atoms with Gasteiger partial charge >= 0.3 is 0 Å². The molecule has 2 unspecified atom stereocenters. The Balaban J connectivity index is 2.14. The van der Waals surface area contributed by atoms with Crippen molar-refractivity contribution in [2.75, 3.05) is 0 Å². The predicted molar refractivity (Wildman–Crippen MR) is 69.4 cm³/mol. The number of carbonyl (C=O) groups is 1. The highest BCUT2D eigenvalue weighted by Crippen LogP contribution is 2.20. The standard InChI is InChI=1S/C14H17NO3/c1-9(7-10(2)16)15-14(17)12-8-18-13-6-4-3-5-11(12)13/h3-6,8-10,16H,7H2,1-2H3,(H,15,17). The van der Waals surface area contributed by atoms with Gasteiger partial charge in [-0.25, -0.2) is 0 Å². The van der Waals surface area contributed by atoms with Crippen molar-refractivity contribution in [3.05, 3.63) is 36.1 Å². The van der Waals surface area contributed by atoms with Crippen LogP contribution in [0.5, 0.6) is 0 Å². The van der Waals surface area contributed by atoms with Crippen molar-refractivity contribution in [2.45, 2.75) is 32.4 Å². The minimum atomic E-state index is -0.429. The second kappa shape index (κ2) is 5.23. The maximum atomic E-state index is 12.1. The molecule has 1 aromatic carbocycles. The van der Waals surface area contributed by atoms with Crippen molar-refractivity contribution in [1.82, 2.24) is 5.32 Å². The van der Waals surface area contributed by atoms with Gasteiger partial charge in [0.05, 0.1) is 11.7 Å². The Hall–Kier alpha value is -1.81. The molecule has 1 aromatic heterocycles. The third-order valence-corrected chi connectivity index (χ3v) is 2.80. The van der Waals surface area contributed by atoms with Crippen LogP contribution in [0.4, 0.5) is 0 Å². The maximum Gasteiger partial charge on any atom is 0.255 e. The van der Waals surface area contributed by atoms with E-state index in [1.165, 1.54) is 6.26 Å². The zero-order chi connectivity index (χ0) is 13.1. The molecule has 0 saturated carbocycles. The molecular weight excluding hydrogens is 230 g/mol. The first-order valence-corrected chi connectivity index (χ1v) is 6.03. The molecule has 1 amide bonds. The van der Waals surface area contributed by atoms with Crippen molar-refractivity contribution in [2.24, 2.45) is 0 Å². The van der Waals surface area contributed by atoms with Gasteiger partial charge in [-0.15, -0.1) is 0 Å². The number of nitrogens with one attached hydrogen (secondary N) is 1. The second-order valence-electron chi connectivity index (χ2n) is 4.60. The van der Waals surface area contributed by atoms with Gasteiger partial charge in [-0.1, -0.05) is 18.2 Å². The summed E-state index contributed by atoms with van der Waals surface area (Å²) in [5, 5.41) is 12.9. The summed E-state index contributed by atoms with van der Waals surface area (Å²) < 4.78 is 5.32. The summed E-state index contributed by atoms with van der Waals surface area (Å²) in [6.45, 7) is 3.57. The molecule has 0 saturated heterocycles. The first kappa shape index (κ1) is 12.6. The van der Waals surface area contributed by atoms with E-state index in [1.807, 2.05) is 31.2 Å². The molecule has 0 bridgehead atoms. The molecule has 4 nitrogen and oxygen atoms in total. The molecule has 0 fully saturated rings. The van der Waals surface area contributed by atoms with E-state index in [4.69, 9.17) is 4.42 Å². The van der Waals surface area contributed by atoms with Gasteiger partial charge in [-0.2, -0.15) is 0 Å². The van der Waals surface area contributed by atoms with Gasteiger partial charge in [-0.05, 0) is 26.3 Å². The van der Waals surface area contributed by atoms with Gasteiger partial charge in [0.15, 0.2) is 0 Å². The number of rotatable bonds is 4. The highest BCUT2D eigenvalue weighted by Gasteiger charge is 2.16. The SMILES string of the molecule is CC(O)CC(C)NC(=O)c1coc2ccccc12. The summed E-state index contributed by atoms with van der Waals surface area (Å²) in [6.07, 6.45) is 1.57. The predicted octanol–water partition coefficient (Wildman–Crippen LogP) is 2.32. The summed E-state index contributed by atoms with van der Waals surface area (Å²) in [5.41, 5.74) is 1.23. The zero-order valence-corrected chi connectivity index (χ0v) is 10.5. The molecule has 0 aliphatic heterocycles. The summed E-state index contributed by atoms with van der Waals surface area (Å²) in [6, 6.07) is 7.33. The Bertz CT molecular complexity index is 545. The summed E-state index contributed by atoms with van der Waals surface area (Å²) in [4.78, 5) is 12.1. The molecule has 0 radical (unpaired) electrons. The van der Waals surface area contributed by atoms with Crippen LogP contribution < -0.4 is 5.32 Å². The van der Waals surface area contributed by atoms with Crippen molar-refractivity contribution < 1.29 is 14.3 Å². The number of fused-ring (bicyclic) bond motifs is 1. The van der Waals surface area contributed by atoms with Gasteiger partial charge < -0.3 is 14.8 Å². The van der Waals surface area contributed by atoms with E-state index in [2.05, 4.69) is 5.32 Å². The Morgan fingerprint density at radius 1 is 1.39 bits per heavy atom. The number of para-hydroxylation sites is 1. The van der Waals surface area contributed by atoms with Crippen molar-refractivity contribution >= 4 is 16.9 Å². The molecule has 0 aliphatic rings. The molecule has 18 heavy (non-hydrogen) atoms. The monoisotopic (exact) mass is 247 g/mol. The minimum absolute atomic E-state index is 0.0776. The highest BCUT2D eigenvalue weighted by atomic mass is 16.3. The van der Waals surface area contributed by atoms with Crippen LogP contribution in [-0.4, -0.2) is 23.2 Å². The number of aliphatic hydroxyl groups is 1. The lowest BCUT2D eigenvalue weighted by Crippen LogP contribution is -2.34. The highest BCUT2D eigenvalue weighted by molar-refractivity contribution is 6.05. The van der Waals surface area contributed by atoms with Crippen LogP contribution in [0, 0.1) is 0 Å². The van der Waals surface area contributed by atoms with Crippen LogP contribution in [0.15, 0.2) is 34.9 Å². The van der Waals surface area contributed by atoms with Crippen molar-refractivity contribution in [3.8, 4) is 0 Å². The van der Waals surface area contributed by atoms with Crippen LogP contribution >= 0.6 is 0 Å². The lowest BCUT2D eigenvalue weighted by atomic mass is 10.1. The van der Waals surface area contributed by atoms with Crippen LogP contribution in [0.2, 0.25) is 0 Å². The number of hydrogen-bond acceptors (Lipinski definition) is 3. The number of amides is 1. The largest absolute Gasteiger partial charge is 0.463 e. The lowest BCUT2D eigenvalue weighted by molar-refractivity contribution is 0.0924. The average Bonchev–Trinajstić information content (AvgIpc) is 2.71. The number of benzene rings is 1. The van der Waals surface area contributed by atoms with Crippen LogP contribution in [0.1, 0.15) is 30.6 Å². The van der Waals surface area contributed by atoms with Gasteiger partial charge in [-0.3, -0.25) is 4.79 Å². The molecule has 0 aliphatic carbocycles. The van der Waals surface area contributed by atoms with Gasteiger partial charge in [0.25, 0.3) is 5.91 Å². The van der Waals surface area contributed by atoms with Crippen LogP contribution in [0.3, 0.4) is 0 Å². The van der Waals surface area contributed by atoms with Gasteiger partial charge in [0.1, 0.15) is 11.8 Å². The Morgan fingerprint density at radius 3 is 2.83 bits per heavy atom. The topological polar surface area (TPSA) is 62.5 Å². The smallest absolute Gasteiger partial charge is 0.255 e. The average molecular weight is 247 g/mol. The molecule has 2 aromatic rings. The summed E-state index contributed by atoms with van der Waals surface area (Å²) in [7, 11) is 0. The fraction of sp³-hybridized carbons (Fsp3) is 0.357. The van der Waals surface area contributed by atoms with E-state index in [1.54, 1.807) is 6.92 Å². The van der Waals surface area contributed by atoms with E-state index in [9.17, 15) is 9.90 Å². The Morgan fingerprint density at radius 2 is 2.11 bits per heavy atom. The number of aliphatic hydroxyl groups excluding tert-OH is 1. The second-order valence-corrected chi connectivity index (χ2v) is 4.60. The number of carbonyl (C=O) groups excluding carboxylic acids is 1. The van der Waals surface area contributed by atoms with E-state index in [-0.39, 0.29) is 11.9 Å². The van der Waals surface area contributed by atoms with E-state index in [0.29, 0.717) is 17.6 Å². The first-order chi connectivity index (χ1) is 8.58. The molecule has 0 spiro atoms. The van der Waals surface area contributed by atoms with Crippen LogP contribution in [0.25, 0.3) is 11.0 Å². The van der Waals surface area contributed by atoms with Crippen molar-refractivity contribution in [3.63, 3.8) is 0 Å². The van der Waals surface area contributed by atoms with Crippen molar-refractivity contribution in [1.29, 1.82) is 0 Å². The number of hydrogen-bond donors (Lipinski definition) is 2. The van der Waals surface area contributed by atoms with Crippen LogP contribution in [-0.2, 0) is 0 Å². The number of furan rings is 1. The first-order valence-electron chi connectivity index (χ1n) is 6.03. The Kier molecular flexibility index (Phi) is 3.67. The third kappa shape index (κ3) is 2.71. The lowest BCUT2D eigenvalue weighted by Gasteiger charge is -2.14. The summed E-state index contributed by atoms with van der Waals surface area (Å²) >= 11 is 0. The maximum absolute atomic E-state index is 12.1. The fourth-order valence-corrected chi connectivity index (χ4v) is 2.03. The molecule has 1 heterocycles. The van der Waals surface area contributed by atoms with Gasteiger partial charge in [0, 0.05) is 11.4 Å².